The molecule has 0 unspecified atom stereocenters. The monoisotopic (exact) mass is 373 g/mol. The van der Waals surface area contributed by atoms with Gasteiger partial charge in [0, 0.05) is 36.2 Å². The van der Waals surface area contributed by atoms with Crippen molar-refractivity contribution in [2.45, 2.75) is 51.6 Å². The number of hydrogen-bond donors (Lipinski definition) is 1. The van der Waals surface area contributed by atoms with Crippen LogP contribution in [-0.2, 0) is 6.54 Å². The van der Waals surface area contributed by atoms with E-state index in [0.717, 1.165) is 17.8 Å². The van der Waals surface area contributed by atoms with Crippen LogP contribution in [0.4, 0.5) is 0 Å². The minimum Gasteiger partial charge on any atom is -0.382 e. The largest absolute Gasteiger partial charge is 0.382 e. The second kappa shape index (κ2) is 8.32. The fourth-order valence-corrected chi connectivity index (χ4v) is 4.22. The van der Waals surface area contributed by atoms with Crippen molar-refractivity contribution in [3.8, 4) is 11.1 Å². The normalized spacial score (nSPS) is 17.3. The van der Waals surface area contributed by atoms with Crippen LogP contribution < -0.4 is 5.32 Å². The average molecular weight is 374 g/mol. The van der Waals surface area contributed by atoms with Gasteiger partial charge >= 0.3 is 0 Å². The molecule has 0 amide bonds. The number of aromatic nitrogens is 1. The van der Waals surface area contributed by atoms with E-state index < -0.39 is 0 Å². The number of nitrogens with zero attached hydrogens (tertiary/aromatic N) is 2. The van der Waals surface area contributed by atoms with Crippen LogP contribution in [0.1, 0.15) is 48.8 Å². The molecule has 1 aliphatic heterocycles. The molecule has 3 nitrogen and oxygen atoms in total. The van der Waals surface area contributed by atoms with Crippen LogP contribution in [0.2, 0.25) is 0 Å². The second-order valence-electron chi connectivity index (χ2n) is 8.32. The van der Waals surface area contributed by atoms with E-state index in [1.807, 2.05) is 12.4 Å². The third-order valence-electron chi connectivity index (χ3n) is 6.14. The van der Waals surface area contributed by atoms with Crippen LogP contribution in [0, 0.1) is 6.92 Å². The molecule has 2 aromatic rings. The predicted octanol–water partition coefficient (Wildman–Crippen LogP) is 5.32. The molecule has 3 heteroatoms. The highest BCUT2D eigenvalue weighted by Crippen LogP contribution is 2.30. The molecule has 2 aliphatic rings. The summed E-state index contributed by atoms with van der Waals surface area (Å²) < 4.78 is 0. The zero-order valence-electron chi connectivity index (χ0n) is 17.0. The van der Waals surface area contributed by atoms with Gasteiger partial charge in [0.1, 0.15) is 0 Å². The number of benzene rings is 1. The van der Waals surface area contributed by atoms with E-state index in [4.69, 9.17) is 0 Å². The first-order chi connectivity index (χ1) is 13.6. The standard InChI is InChI=1S/C25H31N3/c1-18-9-10-22(23-13-21(15-26-16-23)17-28-11-6-12-28)14-25(18)19(2)20(3)27-24-7-4-5-8-24/h9-10,13-16,24,27H,2-8,11-12,17H2,1H3. The number of rotatable bonds is 7. The molecule has 0 atom stereocenters. The summed E-state index contributed by atoms with van der Waals surface area (Å²) in [5, 5.41) is 3.60. The van der Waals surface area contributed by atoms with Crippen molar-refractivity contribution in [3.63, 3.8) is 0 Å². The Morgan fingerprint density at radius 2 is 1.86 bits per heavy atom. The zero-order chi connectivity index (χ0) is 19.5. The Hall–Kier alpha value is -2.39. The van der Waals surface area contributed by atoms with Gasteiger partial charge in [-0.2, -0.15) is 0 Å². The van der Waals surface area contributed by atoms with Gasteiger partial charge in [0.25, 0.3) is 0 Å². The highest BCUT2D eigenvalue weighted by Gasteiger charge is 2.17. The summed E-state index contributed by atoms with van der Waals surface area (Å²) in [6.07, 6.45) is 10.4. The highest BCUT2D eigenvalue weighted by atomic mass is 15.2. The quantitative estimate of drug-likeness (QED) is 0.666. The Morgan fingerprint density at radius 3 is 2.57 bits per heavy atom. The summed E-state index contributed by atoms with van der Waals surface area (Å²) in [5.41, 5.74) is 7.99. The third-order valence-corrected chi connectivity index (χ3v) is 6.14. The molecule has 0 radical (unpaired) electrons. The van der Waals surface area contributed by atoms with E-state index >= 15 is 0 Å². The minimum absolute atomic E-state index is 0.551. The molecular formula is C25H31N3. The molecule has 2 heterocycles. The maximum atomic E-state index is 4.49. The van der Waals surface area contributed by atoms with Gasteiger partial charge in [-0.25, -0.2) is 0 Å². The van der Waals surface area contributed by atoms with Crippen molar-refractivity contribution in [1.29, 1.82) is 0 Å². The first kappa shape index (κ1) is 18.9. The van der Waals surface area contributed by atoms with Crippen molar-refractivity contribution in [2.24, 2.45) is 0 Å². The Morgan fingerprint density at radius 1 is 1.07 bits per heavy atom. The number of aryl methyl sites for hydroxylation is 1. The van der Waals surface area contributed by atoms with Crippen LogP contribution >= 0.6 is 0 Å². The van der Waals surface area contributed by atoms with Crippen LogP contribution in [0.15, 0.2) is 55.5 Å². The lowest BCUT2D eigenvalue weighted by atomic mass is 9.94. The van der Waals surface area contributed by atoms with E-state index in [1.54, 1.807) is 0 Å². The van der Waals surface area contributed by atoms with E-state index in [2.05, 4.69) is 59.5 Å². The summed E-state index contributed by atoms with van der Waals surface area (Å²) in [7, 11) is 0. The maximum absolute atomic E-state index is 4.49. The van der Waals surface area contributed by atoms with Crippen molar-refractivity contribution in [2.75, 3.05) is 13.1 Å². The van der Waals surface area contributed by atoms with Crippen molar-refractivity contribution < 1.29 is 0 Å². The Bertz CT molecular complexity index is 873. The van der Waals surface area contributed by atoms with Gasteiger partial charge in [-0.15, -0.1) is 0 Å². The molecule has 0 spiro atoms. The number of allylic oxidation sites excluding steroid dienone is 1. The summed E-state index contributed by atoms with van der Waals surface area (Å²) in [6.45, 7) is 14.2. The summed E-state index contributed by atoms with van der Waals surface area (Å²) in [5.74, 6) is 0. The van der Waals surface area contributed by atoms with Gasteiger partial charge in [0.2, 0.25) is 0 Å². The van der Waals surface area contributed by atoms with Gasteiger partial charge in [0.15, 0.2) is 0 Å². The molecule has 2 fully saturated rings. The molecule has 1 aromatic carbocycles. The van der Waals surface area contributed by atoms with Crippen LogP contribution in [0.3, 0.4) is 0 Å². The molecule has 1 N–H and O–H groups in total. The number of pyridine rings is 1. The highest BCUT2D eigenvalue weighted by molar-refractivity contribution is 5.81. The summed E-state index contributed by atoms with van der Waals surface area (Å²) >= 11 is 0. The van der Waals surface area contributed by atoms with Crippen molar-refractivity contribution in [3.05, 3.63) is 72.2 Å². The van der Waals surface area contributed by atoms with Crippen LogP contribution in [0.5, 0.6) is 0 Å². The third kappa shape index (κ3) is 4.20. The Labute approximate surface area is 169 Å². The molecule has 1 aromatic heterocycles. The van der Waals surface area contributed by atoms with E-state index in [1.165, 1.54) is 73.0 Å². The molecule has 4 rings (SSSR count). The van der Waals surface area contributed by atoms with Crippen LogP contribution in [0.25, 0.3) is 16.7 Å². The van der Waals surface area contributed by atoms with Gasteiger partial charge in [-0.1, -0.05) is 38.1 Å². The molecule has 146 valence electrons. The lowest BCUT2D eigenvalue weighted by molar-refractivity contribution is 0.172. The van der Waals surface area contributed by atoms with E-state index in [0.29, 0.717) is 6.04 Å². The number of hydrogen-bond acceptors (Lipinski definition) is 3. The SMILES string of the molecule is C=C(NC1CCCC1)C(=C)c1cc(-c2cncc(CN3CCC3)c2)ccc1C. The van der Waals surface area contributed by atoms with E-state index in [-0.39, 0.29) is 0 Å². The average Bonchev–Trinajstić information content (AvgIpc) is 3.18. The molecule has 1 saturated carbocycles. The molecule has 28 heavy (non-hydrogen) atoms. The fraction of sp³-hybridized carbons (Fsp3) is 0.400. The van der Waals surface area contributed by atoms with Crippen molar-refractivity contribution >= 4 is 5.57 Å². The first-order valence-electron chi connectivity index (χ1n) is 10.5. The lowest BCUT2D eigenvalue weighted by Gasteiger charge is -2.30. The van der Waals surface area contributed by atoms with E-state index in [9.17, 15) is 0 Å². The van der Waals surface area contributed by atoms with Crippen LogP contribution in [-0.4, -0.2) is 29.0 Å². The minimum atomic E-state index is 0.551. The van der Waals surface area contributed by atoms with Crippen molar-refractivity contribution in [1.82, 2.24) is 15.2 Å². The Balaban J connectivity index is 1.53. The zero-order valence-corrected chi connectivity index (χ0v) is 17.0. The van der Waals surface area contributed by atoms with Gasteiger partial charge in [-0.05, 0) is 79.2 Å². The summed E-state index contributed by atoms with van der Waals surface area (Å²) in [4.78, 5) is 6.95. The maximum Gasteiger partial charge on any atom is 0.0346 e. The fourth-order valence-electron chi connectivity index (χ4n) is 4.22. The molecule has 1 saturated heterocycles. The Kier molecular flexibility index (Phi) is 5.63. The molecule has 0 bridgehead atoms. The smallest absolute Gasteiger partial charge is 0.0346 e. The predicted molar refractivity (Wildman–Crippen MR) is 118 cm³/mol. The summed E-state index contributed by atoms with van der Waals surface area (Å²) in [6, 6.07) is 9.43. The van der Waals surface area contributed by atoms with Gasteiger partial charge in [0.05, 0.1) is 0 Å². The number of likely N-dealkylation sites (tertiary alicyclic amines) is 1. The first-order valence-corrected chi connectivity index (χ1v) is 10.5. The topological polar surface area (TPSA) is 28.2 Å². The van der Waals surface area contributed by atoms with Gasteiger partial charge in [-0.3, -0.25) is 9.88 Å². The number of nitrogens with one attached hydrogen (secondary N) is 1. The second-order valence-corrected chi connectivity index (χ2v) is 8.32. The van der Waals surface area contributed by atoms with Gasteiger partial charge < -0.3 is 5.32 Å². The molecule has 1 aliphatic carbocycles. The lowest BCUT2D eigenvalue weighted by Crippen LogP contribution is -2.36. The molecular weight excluding hydrogens is 342 g/mol.